The standard InChI is InChI=1S/C31H42N4O2/c1-20-15-24(36)17-23-10-12-33-29(18-25(20)23)31(37)34-28-11-13-32-27-9-8-21(16-26(27)28)19-35-14-4-6-22-5-2-3-7-30(22)35/h8-9,15-17,22,28-30,32-33,36H,2-7,10-14,18-19H2,1H3,(H,34,37)/t22-,28?,29?,30+/m1/s1. The number of carbonyl (C=O) groups is 1. The highest BCUT2D eigenvalue weighted by Gasteiger charge is 2.33. The minimum Gasteiger partial charge on any atom is -0.508 e. The third-order valence-corrected chi connectivity index (χ3v) is 9.36. The Morgan fingerprint density at radius 2 is 1.95 bits per heavy atom. The van der Waals surface area contributed by atoms with Crippen molar-refractivity contribution < 1.29 is 9.90 Å². The van der Waals surface area contributed by atoms with Gasteiger partial charge in [0.2, 0.25) is 5.91 Å². The van der Waals surface area contributed by atoms with Gasteiger partial charge in [-0.15, -0.1) is 0 Å². The molecule has 3 heterocycles. The zero-order chi connectivity index (χ0) is 25.4. The average Bonchev–Trinajstić information content (AvgIpc) is 3.12. The Bertz CT molecular complexity index is 1150. The molecule has 0 radical (unpaired) electrons. The maximum Gasteiger partial charge on any atom is 0.237 e. The molecule has 0 spiro atoms. The van der Waals surface area contributed by atoms with Crippen molar-refractivity contribution >= 4 is 11.6 Å². The first-order valence-electron chi connectivity index (χ1n) is 14.5. The summed E-state index contributed by atoms with van der Waals surface area (Å²) in [6.45, 7) is 5.86. The van der Waals surface area contributed by atoms with Crippen molar-refractivity contribution in [2.75, 3.05) is 25.0 Å². The lowest BCUT2D eigenvalue weighted by atomic mass is 9.78. The number of likely N-dealkylation sites (tertiary alicyclic amines) is 1. The van der Waals surface area contributed by atoms with E-state index in [1.165, 1.54) is 61.8 Å². The van der Waals surface area contributed by atoms with Crippen LogP contribution in [0.2, 0.25) is 0 Å². The molecule has 1 amide bonds. The highest BCUT2D eigenvalue weighted by Crippen LogP contribution is 2.37. The van der Waals surface area contributed by atoms with Gasteiger partial charge in [-0.2, -0.15) is 0 Å². The summed E-state index contributed by atoms with van der Waals surface area (Å²) in [6.07, 6.45) is 10.6. The van der Waals surface area contributed by atoms with Crippen molar-refractivity contribution in [3.8, 4) is 5.75 Å². The number of aryl methyl sites for hydroxylation is 1. The SMILES string of the molecule is Cc1cc(O)cc2c1CC(C(=O)NC1CCNc3ccc(CN4CCC[C@H]5CCCC[C@@H]54)cc31)NCC2. The zero-order valence-electron chi connectivity index (χ0n) is 22.2. The number of hydrogen-bond acceptors (Lipinski definition) is 5. The van der Waals surface area contributed by atoms with Crippen molar-refractivity contribution in [3.63, 3.8) is 0 Å². The maximum absolute atomic E-state index is 13.5. The number of nitrogens with one attached hydrogen (secondary N) is 3. The normalized spacial score (nSPS) is 27.7. The number of carbonyl (C=O) groups excluding carboxylic acids is 1. The van der Waals surface area contributed by atoms with E-state index in [1.807, 2.05) is 19.1 Å². The Balaban J connectivity index is 1.17. The van der Waals surface area contributed by atoms with Gasteiger partial charge in [0.25, 0.3) is 0 Å². The first-order valence-corrected chi connectivity index (χ1v) is 14.5. The number of hydrogen-bond donors (Lipinski definition) is 4. The number of amides is 1. The third-order valence-electron chi connectivity index (χ3n) is 9.36. The second kappa shape index (κ2) is 10.7. The summed E-state index contributed by atoms with van der Waals surface area (Å²) in [5, 5.41) is 20.4. The van der Waals surface area contributed by atoms with E-state index in [-0.39, 0.29) is 18.0 Å². The largest absolute Gasteiger partial charge is 0.508 e. The first-order chi connectivity index (χ1) is 18.0. The van der Waals surface area contributed by atoms with Crippen LogP contribution in [0.5, 0.6) is 5.75 Å². The molecule has 6 heteroatoms. The molecule has 6 nitrogen and oxygen atoms in total. The Morgan fingerprint density at radius 3 is 2.86 bits per heavy atom. The van der Waals surface area contributed by atoms with Gasteiger partial charge in [-0.3, -0.25) is 9.69 Å². The lowest BCUT2D eigenvalue weighted by Gasteiger charge is -2.44. The minimum absolute atomic E-state index is 0.0259. The number of phenolic OH excluding ortho intramolecular Hbond substituents is 1. The Kier molecular flexibility index (Phi) is 7.13. The summed E-state index contributed by atoms with van der Waals surface area (Å²) in [5.41, 5.74) is 7.15. The number of piperidine rings is 1. The zero-order valence-corrected chi connectivity index (χ0v) is 22.2. The van der Waals surface area contributed by atoms with Crippen molar-refractivity contribution in [3.05, 3.63) is 58.1 Å². The number of anilines is 1. The molecule has 0 aromatic heterocycles. The molecule has 6 rings (SSSR count). The van der Waals surface area contributed by atoms with Gasteiger partial charge in [-0.25, -0.2) is 0 Å². The number of fused-ring (bicyclic) bond motifs is 3. The summed E-state index contributed by atoms with van der Waals surface area (Å²) >= 11 is 0. The number of aromatic hydroxyl groups is 1. The lowest BCUT2D eigenvalue weighted by molar-refractivity contribution is -0.123. The fourth-order valence-corrected chi connectivity index (χ4v) is 7.47. The molecule has 1 aliphatic carbocycles. The van der Waals surface area contributed by atoms with E-state index in [9.17, 15) is 9.90 Å². The number of phenols is 1. The summed E-state index contributed by atoms with van der Waals surface area (Å²) in [5.74, 6) is 1.27. The number of benzene rings is 2. The molecule has 2 unspecified atom stereocenters. The van der Waals surface area contributed by atoms with Crippen molar-refractivity contribution in [1.29, 1.82) is 0 Å². The van der Waals surface area contributed by atoms with Gasteiger partial charge >= 0.3 is 0 Å². The molecule has 1 saturated heterocycles. The highest BCUT2D eigenvalue weighted by atomic mass is 16.3. The van der Waals surface area contributed by atoms with Crippen LogP contribution < -0.4 is 16.0 Å². The summed E-state index contributed by atoms with van der Waals surface area (Å²) in [4.78, 5) is 16.3. The van der Waals surface area contributed by atoms with Gasteiger partial charge in [0, 0.05) is 24.8 Å². The van der Waals surface area contributed by atoms with Crippen LogP contribution in [0.3, 0.4) is 0 Å². The molecule has 2 fully saturated rings. The van der Waals surface area contributed by atoms with Crippen LogP contribution in [0.25, 0.3) is 0 Å². The molecule has 4 atom stereocenters. The van der Waals surface area contributed by atoms with E-state index >= 15 is 0 Å². The van der Waals surface area contributed by atoms with E-state index in [4.69, 9.17) is 0 Å². The Morgan fingerprint density at radius 1 is 1.08 bits per heavy atom. The Hall–Kier alpha value is -2.57. The minimum atomic E-state index is -0.261. The second-order valence-corrected chi connectivity index (χ2v) is 11.8. The van der Waals surface area contributed by atoms with Crippen molar-refractivity contribution in [2.24, 2.45) is 5.92 Å². The molecule has 0 bridgehead atoms. The monoisotopic (exact) mass is 502 g/mol. The molecule has 37 heavy (non-hydrogen) atoms. The first kappa shape index (κ1) is 24.7. The van der Waals surface area contributed by atoms with Crippen LogP contribution in [0.4, 0.5) is 5.69 Å². The molecular weight excluding hydrogens is 460 g/mol. The van der Waals surface area contributed by atoms with Crippen LogP contribution in [-0.2, 0) is 24.2 Å². The molecule has 1 saturated carbocycles. The van der Waals surface area contributed by atoms with Gasteiger partial charge < -0.3 is 21.1 Å². The molecule has 198 valence electrons. The summed E-state index contributed by atoms with van der Waals surface area (Å²) < 4.78 is 0. The van der Waals surface area contributed by atoms with Gasteiger partial charge in [-0.1, -0.05) is 25.0 Å². The lowest BCUT2D eigenvalue weighted by Crippen LogP contribution is -2.47. The van der Waals surface area contributed by atoms with Crippen LogP contribution in [-0.4, -0.2) is 47.6 Å². The van der Waals surface area contributed by atoms with E-state index in [1.54, 1.807) is 0 Å². The van der Waals surface area contributed by atoms with E-state index in [0.29, 0.717) is 12.2 Å². The average molecular weight is 503 g/mol. The predicted molar refractivity (Wildman–Crippen MR) is 148 cm³/mol. The molecule has 4 aliphatic rings. The van der Waals surface area contributed by atoms with Gasteiger partial charge in [0.1, 0.15) is 5.75 Å². The van der Waals surface area contributed by atoms with E-state index < -0.39 is 0 Å². The van der Waals surface area contributed by atoms with Crippen LogP contribution >= 0.6 is 0 Å². The third kappa shape index (κ3) is 5.23. The van der Waals surface area contributed by atoms with Crippen molar-refractivity contribution in [2.45, 2.75) is 89.4 Å². The molecule has 2 aromatic rings. The predicted octanol–water partition coefficient (Wildman–Crippen LogP) is 4.59. The van der Waals surface area contributed by atoms with Crippen molar-refractivity contribution in [1.82, 2.24) is 15.5 Å². The number of rotatable bonds is 4. The summed E-state index contributed by atoms with van der Waals surface area (Å²) in [7, 11) is 0. The van der Waals surface area contributed by atoms with Crippen LogP contribution in [0.1, 0.15) is 78.8 Å². The molecule has 4 N–H and O–H groups in total. The van der Waals surface area contributed by atoms with Crippen LogP contribution in [0.15, 0.2) is 30.3 Å². The molecule has 2 aromatic carbocycles. The van der Waals surface area contributed by atoms with Gasteiger partial charge in [0.05, 0.1) is 12.1 Å². The van der Waals surface area contributed by atoms with E-state index in [2.05, 4.69) is 39.0 Å². The fraction of sp³-hybridized carbons (Fsp3) is 0.581. The smallest absolute Gasteiger partial charge is 0.237 e. The highest BCUT2D eigenvalue weighted by molar-refractivity contribution is 5.83. The molecule has 3 aliphatic heterocycles. The van der Waals surface area contributed by atoms with Gasteiger partial charge in [0.15, 0.2) is 0 Å². The topological polar surface area (TPSA) is 76.6 Å². The van der Waals surface area contributed by atoms with Crippen LogP contribution in [0, 0.1) is 12.8 Å². The fourth-order valence-electron chi connectivity index (χ4n) is 7.47. The second-order valence-electron chi connectivity index (χ2n) is 11.8. The van der Waals surface area contributed by atoms with Gasteiger partial charge in [-0.05, 0) is 117 Å². The summed E-state index contributed by atoms with van der Waals surface area (Å²) in [6, 6.07) is 11.0. The Labute approximate surface area is 221 Å². The number of nitrogens with zero attached hydrogens (tertiary/aromatic N) is 1. The van der Waals surface area contributed by atoms with E-state index in [0.717, 1.165) is 61.2 Å². The quantitative estimate of drug-likeness (QED) is 0.492. The maximum atomic E-state index is 13.5. The molecular formula is C31H42N4O2.